The number of anilines is 1. The van der Waals surface area contributed by atoms with E-state index < -0.39 is 0 Å². The summed E-state index contributed by atoms with van der Waals surface area (Å²) >= 11 is 3.45. The van der Waals surface area contributed by atoms with Gasteiger partial charge < -0.3 is 10.6 Å². The number of rotatable bonds is 4. The van der Waals surface area contributed by atoms with Crippen molar-refractivity contribution in [3.05, 3.63) is 22.3 Å². The highest BCUT2D eigenvalue weighted by atomic mass is 79.9. The molecule has 2 rings (SSSR count). The number of hydrogen-bond acceptors (Lipinski definition) is 3. The summed E-state index contributed by atoms with van der Waals surface area (Å²) < 4.78 is 1.04. The second-order valence-electron chi connectivity index (χ2n) is 5.31. The molecule has 3 nitrogen and oxygen atoms in total. The first kappa shape index (κ1) is 13.8. The Morgan fingerprint density at radius 3 is 3.00 bits per heavy atom. The Labute approximate surface area is 118 Å². The lowest BCUT2D eigenvalue weighted by atomic mass is 9.78. The normalized spacial score (nSPS) is 23.9. The number of pyridine rings is 1. The summed E-state index contributed by atoms with van der Waals surface area (Å²) in [4.78, 5) is 4.45. The Morgan fingerprint density at radius 1 is 1.56 bits per heavy atom. The molecule has 0 saturated carbocycles. The number of halogens is 1. The van der Waals surface area contributed by atoms with Gasteiger partial charge in [0.15, 0.2) is 0 Å². The fourth-order valence-corrected chi connectivity index (χ4v) is 3.05. The van der Waals surface area contributed by atoms with Crippen LogP contribution in [-0.4, -0.2) is 24.6 Å². The van der Waals surface area contributed by atoms with E-state index in [0.717, 1.165) is 29.9 Å². The number of aromatic nitrogens is 1. The molecule has 1 aromatic heterocycles. The highest BCUT2D eigenvalue weighted by molar-refractivity contribution is 9.10. The summed E-state index contributed by atoms with van der Waals surface area (Å²) in [6.07, 6.45) is 5.65. The Morgan fingerprint density at radius 2 is 2.39 bits per heavy atom. The Hall–Kier alpha value is -0.610. The van der Waals surface area contributed by atoms with Crippen LogP contribution < -0.4 is 10.6 Å². The fourth-order valence-electron chi connectivity index (χ4n) is 2.60. The van der Waals surface area contributed by atoms with E-state index in [2.05, 4.69) is 51.5 Å². The summed E-state index contributed by atoms with van der Waals surface area (Å²) in [6.45, 7) is 7.67. The number of hydrogen-bond donors (Lipinski definition) is 2. The molecule has 18 heavy (non-hydrogen) atoms. The van der Waals surface area contributed by atoms with Gasteiger partial charge in [0.25, 0.3) is 0 Å². The standard InChI is InChI=1S/C14H22BrN3/c1-3-14(5-4-6-16-9-14)10-18-13-11(2)7-12(15)8-17-13/h7-8,16H,3-6,9-10H2,1-2H3,(H,17,18). The van der Waals surface area contributed by atoms with Crippen molar-refractivity contribution in [2.24, 2.45) is 5.41 Å². The molecule has 2 heterocycles. The van der Waals surface area contributed by atoms with Gasteiger partial charge >= 0.3 is 0 Å². The molecule has 0 radical (unpaired) electrons. The third-order valence-corrected chi connectivity index (χ3v) is 4.42. The molecule has 1 aliphatic rings. The van der Waals surface area contributed by atoms with Crippen molar-refractivity contribution in [3.8, 4) is 0 Å². The van der Waals surface area contributed by atoms with E-state index >= 15 is 0 Å². The van der Waals surface area contributed by atoms with Gasteiger partial charge in [-0.25, -0.2) is 4.98 Å². The van der Waals surface area contributed by atoms with Crippen molar-refractivity contribution < 1.29 is 0 Å². The summed E-state index contributed by atoms with van der Waals surface area (Å²) in [5.41, 5.74) is 1.58. The Bertz CT molecular complexity index is 400. The number of nitrogens with one attached hydrogen (secondary N) is 2. The van der Waals surface area contributed by atoms with Crippen LogP contribution in [0.15, 0.2) is 16.7 Å². The molecule has 1 aromatic rings. The minimum absolute atomic E-state index is 0.388. The van der Waals surface area contributed by atoms with Crippen molar-refractivity contribution in [1.29, 1.82) is 0 Å². The van der Waals surface area contributed by atoms with Gasteiger partial charge in [0.1, 0.15) is 5.82 Å². The van der Waals surface area contributed by atoms with Crippen LogP contribution in [0, 0.1) is 12.3 Å². The molecule has 2 N–H and O–H groups in total. The topological polar surface area (TPSA) is 37.0 Å². The predicted octanol–water partition coefficient (Wildman–Crippen LogP) is 3.34. The van der Waals surface area contributed by atoms with Crippen LogP contribution in [0.5, 0.6) is 0 Å². The first-order valence-corrected chi connectivity index (χ1v) is 7.51. The summed E-state index contributed by atoms with van der Waals surface area (Å²) in [5.74, 6) is 1.01. The minimum Gasteiger partial charge on any atom is -0.369 e. The Balaban J connectivity index is 2.01. The van der Waals surface area contributed by atoms with E-state index in [1.807, 2.05) is 6.20 Å². The van der Waals surface area contributed by atoms with Crippen LogP contribution in [-0.2, 0) is 0 Å². The molecule has 0 amide bonds. The van der Waals surface area contributed by atoms with Gasteiger partial charge in [-0.1, -0.05) is 6.92 Å². The first-order valence-electron chi connectivity index (χ1n) is 6.72. The molecule has 1 aliphatic heterocycles. The second-order valence-corrected chi connectivity index (χ2v) is 6.22. The number of nitrogens with zero attached hydrogens (tertiary/aromatic N) is 1. The number of aryl methyl sites for hydroxylation is 1. The van der Waals surface area contributed by atoms with Gasteiger partial charge in [0.2, 0.25) is 0 Å². The smallest absolute Gasteiger partial charge is 0.128 e. The lowest BCUT2D eigenvalue weighted by molar-refractivity contribution is 0.216. The van der Waals surface area contributed by atoms with Crippen LogP contribution in [0.2, 0.25) is 0 Å². The van der Waals surface area contributed by atoms with E-state index in [9.17, 15) is 0 Å². The molecule has 4 heteroatoms. The third kappa shape index (κ3) is 3.23. The van der Waals surface area contributed by atoms with E-state index in [1.165, 1.54) is 24.8 Å². The van der Waals surface area contributed by atoms with E-state index in [4.69, 9.17) is 0 Å². The monoisotopic (exact) mass is 311 g/mol. The highest BCUT2D eigenvalue weighted by Crippen LogP contribution is 2.30. The van der Waals surface area contributed by atoms with Crippen LogP contribution in [0.4, 0.5) is 5.82 Å². The maximum Gasteiger partial charge on any atom is 0.128 e. The average Bonchev–Trinajstić information content (AvgIpc) is 2.39. The SMILES string of the molecule is CCC1(CNc2ncc(Br)cc2C)CCCNC1. The summed E-state index contributed by atoms with van der Waals surface area (Å²) in [7, 11) is 0. The molecular formula is C14H22BrN3. The van der Waals surface area contributed by atoms with Crippen molar-refractivity contribution in [1.82, 2.24) is 10.3 Å². The zero-order valence-corrected chi connectivity index (χ0v) is 12.8. The largest absolute Gasteiger partial charge is 0.369 e. The summed E-state index contributed by atoms with van der Waals surface area (Å²) in [5, 5.41) is 7.05. The first-order chi connectivity index (χ1) is 8.65. The molecule has 0 spiro atoms. The van der Waals surface area contributed by atoms with Gasteiger partial charge in [-0.15, -0.1) is 0 Å². The predicted molar refractivity (Wildman–Crippen MR) is 80.0 cm³/mol. The molecule has 0 bridgehead atoms. The van der Waals surface area contributed by atoms with Crippen molar-refractivity contribution >= 4 is 21.7 Å². The molecule has 100 valence electrons. The van der Waals surface area contributed by atoms with E-state index in [-0.39, 0.29) is 0 Å². The van der Waals surface area contributed by atoms with Crippen LogP contribution in [0.3, 0.4) is 0 Å². The second kappa shape index (κ2) is 6.02. The van der Waals surface area contributed by atoms with Gasteiger partial charge in [0.05, 0.1) is 0 Å². The minimum atomic E-state index is 0.388. The van der Waals surface area contributed by atoms with Gasteiger partial charge in [-0.05, 0) is 65.7 Å². The van der Waals surface area contributed by atoms with E-state index in [1.54, 1.807) is 0 Å². The fraction of sp³-hybridized carbons (Fsp3) is 0.643. The lowest BCUT2D eigenvalue weighted by Crippen LogP contribution is -2.44. The van der Waals surface area contributed by atoms with Crippen molar-refractivity contribution in [2.45, 2.75) is 33.1 Å². The van der Waals surface area contributed by atoms with Gasteiger partial charge in [-0.3, -0.25) is 0 Å². The molecule has 1 fully saturated rings. The molecule has 1 unspecified atom stereocenters. The molecular weight excluding hydrogens is 290 g/mol. The number of piperidine rings is 1. The quantitative estimate of drug-likeness (QED) is 0.895. The van der Waals surface area contributed by atoms with Crippen molar-refractivity contribution in [3.63, 3.8) is 0 Å². The highest BCUT2D eigenvalue weighted by Gasteiger charge is 2.30. The van der Waals surface area contributed by atoms with Crippen LogP contribution >= 0.6 is 15.9 Å². The lowest BCUT2D eigenvalue weighted by Gasteiger charge is -2.37. The van der Waals surface area contributed by atoms with Gasteiger partial charge in [0, 0.05) is 23.8 Å². The summed E-state index contributed by atoms with van der Waals surface area (Å²) in [6, 6.07) is 2.10. The Kier molecular flexibility index (Phi) is 4.62. The molecule has 0 aromatic carbocycles. The van der Waals surface area contributed by atoms with Gasteiger partial charge in [-0.2, -0.15) is 0 Å². The van der Waals surface area contributed by atoms with Crippen LogP contribution in [0.1, 0.15) is 31.7 Å². The third-order valence-electron chi connectivity index (χ3n) is 3.99. The molecule has 1 saturated heterocycles. The van der Waals surface area contributed by atoms with Crippen molar-refractivity contribution in [2.75, 3.05) is 25.0 Å². The van der Waals surface area contributed by atoms with E-state index in [0.29, 0.717) is 5.41 Å². The molecule has 0 aliphatic carbocycles. The maximum absolute atomic E-state index is 4.45. The maximum atomic E-state index is 4.45. The zero-order valence-electron chi connectivity index (χ0n) is 11.2. The average molecular weight is 312 g/mol. The van der Waals surface area contributed by atoms with Crippen LogP contribution in [0.25, 0.3) is 0 Å². The molecule has 1 atom stereocenters. The zero-order chi connectivity index (χ0) is 13.0.